The van der Waals surface area contributed by atoms with Gasteiger partial charge in [0, 0.05) is 13.2 Å². The average molecular weight is 252 g/mol. The quantitative estimate of drug-likeness (QED) is 0.322. The van der Waals surface area contributed by atoms with Gasteiger partial charge in [0.2, 0.25) is 5.78 Å². The van der Waals surface area contributed by atoms with Gasteiger partial charge in [0.25, 0.3) is 0 Å². The highest BCUT2D eigenvalue weighted by atomic mass is 16.5. The molecular formula is C12H16N2O4. The standard InChI is InChI=1S/C12H16N2O4/c1-4-9-8(7-14(3)13-9)10(15)6-11(16)12(17)18-5-2/h7H,4-6H2,1-3H3. The Kier molecular flexibility index (Phi) is 4.76. The summed E-state index contributed by atoms with van der Waals surface area (Å²) in [5.41, 5.74) is 1.01. The van der Waals surface area contributed by atoms with Crippen molar-refractivity contribution in [1.82, 2.24) is 9.78 Å². The maximum absolute atomic E-state index is 11.9. The number of carbonyl (C=O) groups excluding carboxylic acids is 3. The Morgan fingerprint density at radius 1 is 1.33 bits per heavy atom. The van der Waals surface area contributed by atoms with Gasteiger partial charge in [-0.1, -0.05) is 6.92 Å². The van der Waals surface area contributed by atoms with Crippen LogP contribution in [0.1, 0.15) is 36.3 Å². The molecule has 0 saturated carbocycles. The van der Waals surface area contributed by atoms with E-state index in [1.807, 2.05) is 6.92 Å². The molecule has 0 saturated heterocycles. The first-order valence-corrected chi connectivity index (χ1v) is 5.75. The van der Waals surface area contributed by atoms with E-state index in [0.29, 0.717) is 17.7 Å². The summed E-state index contributed by atoms with van der Waals surface area (Å²) in [4.78, 5) is 34.4. The zero-order chi connectivity index (χ0) is 13.7. The number of carbonyl (C=O) groups is 3. The molecule has 18 heavy (non-hydrogen) atoms. The molecule has 0 aliphatic rings. The summed E-state index contributed by atoms with van der Waals surface area (Å²) >= 11 is 0. The first-order chi connectivity index (χ1) is 8.49. The molecule has 0 radical (unpaired) electrons. The van der Waals surface area contributed by atoms with Gasteiger partial charge in [-0.15, -0.1) is 0 Å². The van der Waals surface area contributed by atoms with Crippen LogP contribution in [0.25, 0.3) is 0 Å². The molecule has 98 valence electrons. The summed E-state index contributed by atoms with van der Waals surface area (Å²) < 4.78 is 6.06. The lowest BCUT2D eigenvalue weighted by Crippen LogP contribution is -2.20. The van der Waals surface area contributed by atoms with Crippen LogP contribution < -0.4 is 0 Å². The van der Waals surface area contributed by atoms with Gasteiger partial charge in [0.05, 0.1) is 24.3 Å². The first kappa shape index (κ1) is 14.1. The number of hydrogen-bond donors (Lipinski definition) is 0. The molecule has 6 heteroatoms. The summed E-state index contributed by atoms with van der Waals surface area (Å²) in [6.07, 6.45) is 1.67. The van der Waals surface area contributed by atoms with E-state index in [1.54, 1.807) is 20.2 Å². The molecule has 0 aliphatic heterocycles. The van der Waals surface area contributed by atoms with Crippen LogP contribution in [-0.4, -0.2) is 33.9 Å². The Hall–Kier alpha value is -1.98. The van der Waals surface area contributed by atoms with Gasteiger partial charge in [-0.2, -0.15) is 5.10 Å². The van der Waals surface area contributed by atoms with Gasteiger partial charge in [0.1, 0.15) is 0 Å². The molecule has 1 heterocycles. The second-order valence-corrected chi connectivity index (χ2v) is 3.76. The fourth-order valence-corrected chi connectivity index (χ4v) is 1.55. The van der Waals surface area contributed by atoms with Crippen molar-refractivity contribution in [3.63, 3.8) is 0 Å². The monoisotopic (exact) mass is 252 g/mol. The van der Waals surface area contributed by atoms with Crippen LogP contribution in [0.4, 0.5) is 0 Å². The molecule has 0 unspecified atom stereocenters. The van der Waals surface area contributed by atoms with Crippen LogP contribution >= 0.6 is 0 Å². The van der Waals surface area contributed by atoms with E-state index in [-0.39, 0.29) is 6.61 Å². The number of nitrogens with zero attached hydrogens (tertiary/aromatic N) is 2. The highest BCUT2D eigenvalue weighted by Crippen LogP contribution is 2.10. The van der Waals surface area contributed by atoms with E-state index < -0.39 is 24.0 Å². The molecule has 0 N–H and O–H groups in total. The maximum atomic E-state index is 11.9. The fraction of sp³-hybridized carbons (Fsp3) is 0.500. The lowest BCUT2D eigenvalue weighted by Gasteiger charge is -2.00. The minimum atomic E-state index is -0.965. The Morgan fingerprint density at radius 2 is 2.00 bits per heavy atom. The molecule has 6 nitrogen and oxygen atoms in total. The number of rotatable bonds is 6. The molecule has 0 aromatic carbocycles. The fourth-order valence-electron chi connectivity index (χ4n) is 1.55. The van der Waals surface area contributed by atoms with E-state index in [1.165, 1.54) is 4.68 Å². The molecule has 0 bridgehead atoms. The number of aryl methyl sites for hydroxylation is 2. The molecule has 0 amide bonds. The van der Waals surface area contributed by atoms with Gasteiger partial charge < -0.3 is 4.74 Å². The topological polar surface area (TPSA) is 78.3 Å². The highest BCUT2D eigenvalue weighted by molar-refractivity contribution is 6.38. The van der Waals surface area contributed by atoms with Crippen molar-refractivity contribution in [1.29, 1.82) is 0 Å². The van der Waals surface area contributed by atoms with Gasteiger partial charge in [-0.05, 0) is 13.3 Å². The lowest BCUT2D eigenvalue weighted by molar-refractivity contribution is -0.153. The van der Waals surface area contributed by atoms with Crippen LogP contribution in [0.15, 0.2) is 6.20 Å². The van der Waals surface area contributed by atoms with Crippen LogP contribution in [0.3, 0.4) is 0 Å². The Bertz CT molecular complexity index is 476. The number of esters is 1. The smallest absolute Gasteiger partial charge is 0.375 e. The second-order valence-electron chi connectivity index (χ2n) is 3.76. The minimum absolute atomic E-state index is 0.117. The van der Waals surface area contributed by atoms with Gasteiger partial charge in [0.15, 0.2) is 5.78 Å². The van der Waals surface area contributed by atoms with Crippen LogP contribution in [0, 0.1) is 0 Å². The number of ketones is 2. The Labute approximate surface area is 105 Å². The zero-order valence-electron chi connectivity index (χ0n) is 10.7. The highest BCUT2D eigenvalue weighted by Gasteiger charge is 2.22. The predicted molar refractivity (Wildman–Crippen MR) is 63.2 cm³/mol. The van der Waals surface area contributed by atoms with Gasteiger partial charge in [-0.3, -0.25) is 14.3 Å². The molecule has 1 rings (SSSR count). The van der Waals surface area contributed by atoms with Crippen molar-refractivity contribution < 1.29 is 19.1 Å². The zero-order valence-corrected chi connectivity index (χ0v) is 10.7. The third-order valence-corrected chi connectivity index (χ3v) is 2.36. The maximum Gasteiger partial charge on any atom is 0.375 e. The van der Waals surface area contributed by atoms with E-state index in [4.69, 9.17) is 0 Å². The van der Waals surface area contributed by atoms with Crippen LogP contribution in [-0.2, 0) is 27.8 Å². The van der Waals surface area contributed by atoms with E-state index >= 15 is 0 Å². The normalized spacial score (nSPS) is 10.2. The molecule has 0 aliphatic carbocycles. The minimum Gasteiger partial charge on any atom is -0.460 e. The van der Waals surface area contributed by atoms with Crippen molar-refractivity contribution >= 4 is 17.5 Å². The SMILES string of the molecule is CCOC(=O)C(=O)CC(=O)c1cn(C)nc1CC. The summed E-state index contributed by atoms with van der Waals surface area (Å²) in [5, 5.41) is 4.11. The average Bonchev–Trinajstić information content (AvgIpc) is 2.70. The van der Waals surface area contributed by atoms with E-state index in [2.05, 4.69) is 9.84 Å². The number of Topliss-reactive ketones (excluding diaryl/α,β-unsaturated/α-hetero) is 2. The number of aromatic nitrogens is 2. The third-order valence-electron chi connectivity index (χ3n) is 2.36. The lowest BCUT2D eigenvalue weighted by atomic mass is 10.1. The van der Waals surface area contributed by atoms with Crippen LogP contribution in [0.2, 0.25) is 0 Å². The van der Waals surface area contributed by atoms with Crippen molar-refractivity contribution in [3.8, 4) is 0 Å². The third kappa shape index (κ3) is 3.26. The van der Waals surface area contributed by atoms with Crippen molar-refractivity contribution in [2.75, 3.05) is 6.61 Å². The number of ether oxygens (including phenoxy) is 1. The van der Waals surface area contributed by atoms with Gasteiger partial charge in [-0.25, -0.2) is 4.79 Å². The number of hydrogen-bond acceptors (Lipinski definition) is 5. The molecule has 0 fully saturated rings. The van der Waals surface area contributed by atoms with E-state index in [9.17, 15) is 14.4 Å². The Balaban J connectivity index is 2.76. The van der Waals surface area contributed by atoms with Crippen LogP contribution in [0.5, 0.6) is 0 Å². The molecule has 1 aromatic rings. The second kappa shape index (κ2) is 6.09. The summed E-state index contributed by atoms with van der Waals surface area (Å²) in [5.74, 6) is -2.20. The molecule has 0 spiro atoms. The van der Waals surface area contributed by atoms with Crippen molar-refractivity contribution in [2.45, 2.75) is 26.7 Å². The summed E-state index contributed by atoms with van der Waals surface area (Å²) in [7, 11) is 1.70. The molecular weight excluding hydrogens is 236 g/mol. The Morgan fingerprint density at radius 3 is 2.56 bits per heavy atom. The first-order valence-electron chi connectivity index (χ1n) is 5.75. The molecule has 1 aromatic heterocycles. The van der Waals surface area contributed by atoms with Crippen molar-refractivity contribution in [2.24, 2.45) is 7.05 Å². The largest absolute Gasteiger partial charge is 0.460 e. The van der Waals surface area contributed by atoms with E-state index in [0.717, 1.165) is 0 Å². The van der Waals surface area contributed by atoms with Crippen molar-refractivity contribution in [3.05, 3.63) is 17.5 Å². The van der Waals surface area contributed by atoms with Gasteiger partial charge >= 0.3 is 5.97 Å². The molecule has 0 atom stereocenters. The predicted octanol–water partition coefficient (Wildman–Crippen LogP) is 0.687. The summed E-state index contributed by atoms with van der Waals surface area (Å²) in [6.45, 7) is 3.58. The summed E-state index contributed by atoms with van der Waals surface area (Å²) in [6, 6.07) is 0.